The van der Waals surface area contributed by atoms with E-state index >= 15 is 0 Å². The second kappa shape index (κ2) is 5.85. The van der Waals surface area contributed by atoms with E-state index in [9.17, 15) is 8.42 Å². The molecule has 0 aliphatic heterocycles. The van der Waals surface area contributed by atoms with Crippen molar-refractivity contribution in [2.75, 3.05) is 4.72 Å². The molecule has 0 saturated heterocycles. The van der Waals surface area contributed by atoms with Crippen molar-refractivity contribution >= 4 is 27.3 Å². The molecular formula is C15H16ClNO2S. The van der Waals surface area contributed by atoms with E-state index in [1.54, 1.807) is 37.3 Å². The lowest BCUT2D eigenvalue weighted by atomic mass is 10.2. The van der Waals surface area contributed by atoms with E-state index < -0.39 is 10.0 Å². The van der Waals surface area contributed by atoms with E-state index in [-0.39, 0.29) is 4.90 Å². The Labute approximate surface area is 124 Å². The van der Waals surface area contributed by atoms with Gasteiger partial charge in [0, 0.05) is 5.02 Å². The Morgan fingerprint density at radius 2 is 1.75 bits per heavy atom. The minimum Gasteiger partial charge on any atom is -0.279 e. The third-order valence-corrected chi connectivity index (χ3v) is 4.94. The first-order valence-corrected chi connectivity index (χ1v) is 8.17. The number of anilines is 1. The summed E-state index contributed by atoms with van der Waals surface area (Å²) < 4.78 is 27.2. The monoisotopic (exact) mass is 309 g/mol. The summed E-state index contributed by atoms with van der Waals surface area (Å²) in [7, 11) is -3.59. The first kappa shape index (κ1) is 14.9. The Hall–Kier alpha value is -1.52. The molecule has 20 heavy (non-hydrogen) atoms. The number of halogens is 1. The molecule has 3 nitrogen and oxygen atoms in total. The van der Waals surface area contributed by atoms with Gasteiger partial charge in [0.1, 0.15) is 0 Å². The van der Waals surface area contributed by atoms with Crippen LogP contribution in [0.5, 0.6) is 0 Å². The summed E-state index contributed by atoms with van der Waals surface area (Å²) >= 11 is 5.99. The summed E-state index contributed by atoms with van der Waals surface area (Å²) in [4.78, 5) is 0.245. The number of hydrogen-bond acceptors (Lipinski definition) is 2. The summed E-state index contributed by atoms with van der Waals surface area (Å²) in [6.07, 6.45) is 0.876. The van der Waals surface area contributed by atoms with Crippen LogP contribution in [0.3, 0.4) is 0 Å². The van der Waals surface area contributed by atoms with E-state index in [4.69, 9.17) is 11.6 Å². The van der Waals surface area contributed by atoms with Gasteiger partial charge in [-0.05, 0) is 48.7 Å². The summed E-state index contributed by atoms with van der Waals surface area (Å²) in [6.45, 7) is 3.80. The maximum Gasteiger partial charge on any atom is 0.261 e. The second-order valence-electron chi connectivity index (χ2n) is 4.52. The predicted molar refractivity (Wildman–Crippen MR) is 82.8 cm³/mol. The minimum absolute atomic E-state index is 0.245. The molecule has 5 heteroatoms. The highest BCUT2D eigenvalue weighted by atomic mass is 35.5. The smallest absolute Gasteiger partial charge is 0.261 e. The molecular weight excluding hydrogens is 294 g/mol. The number of rotatable bonds is 4. The molecule has 2 aromatic carbocycles. The molecule has 0 atom stereocenters. The fourth-order valence-electron chi connectivity index (χ4n) is 1.83. The molecule has 0 saturated carbocycles. The van der Waals surface area contributed by atoms with Gasteiger partial charge in [-0.2, -0.15) is 0 Å². The van der Waals surface area contributed by atoms with Crippen molar-refractivity contribution in [1.82, 2.24) is 0 Å². The summed E-state index contributed by atoms with van der Waals surface area (Å²) in [5.74, 6) is 0. The van der Waals surface area contributed by atoms with Crippen molar-refractivity contribution in [2.24, 2.45) is 0 Å². The molecule has 0 amide bonds. The standard InChI is InChI=1S/C15H16ClNO2S/c1-3-12-7-9-13(10-8-12)20(18,19)17-15-6-4-5-14(16)11(15)2/h4-10,17H,3H2,1-2H3. The number of benzene rings is 2. The van der Waals surface area contributed by atoms with Gasteiger partial charge in [0.15, 0.2) is 0 Å². The van der Waals surface area contributed by atoms with E-state index in [2.05, 4.69) is 4.72 Å². The molecule has 0 bridgehead atoms. The molecule has 0 fully saturated rings. The number of aryl methyl sites for hydroxylation is 1. The maximum atomic E-state index is 12.3. The average Bonchev–Trinajstić information content (AvgIpc) is 2.44. The number of nitrogens with one attached hydrogen (secondary N) is 1. The van der Waals surface area contributed by atoms with Gasteiger partial charge >= 0.3 is 0 Å². The van der Waals surface area contributed by atoms with Gasteiger partial charge in [0.2, 0.25) is 0 Å². The zero-order valence-electron chi connectivity index (χ0n) is 11.4. The van der Waals surface area contributed by atoms with Crippen molar-refractivity contribution in [1.29, 1.82) is 0 Å². The lowest BCUT2D eigenvalue weighted by Gasteiger charge is -2.11. The van der Waals surface area contributed by atoms with E-state index in [1.165, 1.54) is 0 Å². The van der Waals surface area contributed by atoms with Crippen LogP contribution < -0.4 is 4.72 Å². The number of sulfonamides is 1. The SMILES string of the molecule is CCc1ccc(S(=O)(=O)Nc2cccc(Cl)c2C)cc1. The van der Waals surface area contributed by atoms with Crippen LogP contribution in [0.25, 0.3) is 0 Å². The molecule has 0 spiro atoms. The zero-order chi connectivity index (χ0) is 14.8. The van der Waals surface area contributed by atoms with Gasteiger partial charge < -0.3 is 0 Å². The van der Waals surface area contributed by atoms with Crippen LogP contribution in [-0.4, -0.2) is 8.42 Å². The highest BCUT2D eigenvalue weighted by molar-refractivity contribution is 7.92. The molecule has 0 aromatic heterocycles. The molecule has 2 rings (SSSR count). The van der Waals surface area contributed by atoms with Crippen LogP contribution >= 0.6 is 11.6 Å². The van der Waals surface area contributed by atoms with Crippen molar-refractivity contribution in [3.63, 3.8) is 0 Å². The topological polar surface area (TPSA) is 46.2 Å². The number of hydrogen-bond donors (Lipinski definition) is 1. The van der Waals surface area contributed by atoms with E-state index in [0.29, 0.717) is 16.3 Å². The molecule has 106 valence electrons. The third-order valence-electron chi connectivity index (χ3n) is 3.15. The average molecular weight is 310 g/mol. The normalized spacial score (nSPS) is 11.3. The Bertz CT molecular complexity index is 709. The molecule has 0 aliphatic carbocycles. The molecule has 0 aliphatic rings. The maximum absolute atomic E-state index is 12.3. The molecule has 1 N–H and O–H groups in total. The van der Waals surface area contributed by atoms with Crippen molar-refractivity contribution in [2.45, 2.75) is 25.2 Å². The Balaban J connectivity index is 2.33. The van der Waals surface area contributed by atoms with Gasteiger partial charge in [-0.25, -0.2) is 8.42 Å². The predicted octanol–water partition coefficient (Wildman–Crippen LogP) is 4.01. The van der Waals surface area contributed by atoms with Gasteiger partial charge in [-0.15, -0.1) is 0 Å². The summed E-state index contributed by atoms with van der Waals surface area (Å²) in [5.41, 5.74) is 2.31. The van der Waals surface area contributed by atoms with Crippen LogP contribution in [0.4, 0.5) is 5.69 Å². The molecule has 0 heterocycles. The van der Waals surface area contributed by atoms with Crippen LogP contribution in [0, 0.1) is 6.92 Å². The van der Waals surface area contributed by atoms with Gasteiger partial charge in [0.25, 0.3) is 10.0 Å². The van der Waals surface area contributed by atoms with Crippen molar-refractivity contribution in [3.8, 4) is 0 Å². The Morgan fingerprint density at radius 1 is 1.10 bits per heavy atom. The van der Waals surface area contributed by atoms with Crippen LogP contribution in [-0.2, 0) is 16.4 Å². The zero-order valence-corrected chi connectivity index (χ0v) is 12.9. The van der Waals surface area contributed by atoms with Crippen LogP contribution in [0.15, 0.2) is 47.4 Å². The van der Waals surface area contributed by atoms with Gasteiger partial charge in [-0.3, -0.25) is 4.72 Å². The van der Waals surface area contributed by atoms with Gasteiger partial charge in [-0.1, -0.05) is 36.7 Å². The summed E-state index contributed by atoms with van der Waals surface area (Å²) in [5, 5.41) is 0.534. The quantitative estimate of drug-likeness (QED) is 0.927. The lowest BCUT2D eigenvalue weighted by Crippen LogP contribution is -2.13. The van der Waals surface area contributed by atoms with Crippen LogP contribution in [0.1, 0.15) is 18.1 Å². The third kappa shape index (κ3) is 3.14. The first-order chi connectivity index (χ1) is 9.44. The van der Waals surface area contributed by atoms with Gasteiger partial charge in [0.05, 0.1) is 10.6 Å². The molecule has 2 aromatic rings. The van der Waals surface area contributed by atoms with Crippen LogP contribution in [0.2, 0.25) is 5.02 Å². The molecule has 0 radical (unpaired) electrons. The Morgan fingerprint density at radius 3 is 2.35 bits per heavy atom. The van der Waals surface area contributed by atoms with Crippen molar-refractivity contribution in [3.05, 3.63) is 58.6 Å². The highest BCUT2D eigenvalue weighted by Crippen LogP contribution is 2.25. The Kier molecular flexibility index (Phi) is 4.35. The fourth-order valence-corrected chi connectivity index (χ4v) is 3.12. The highest BCUT2D eigenvalue weighted by Gasteiger charge is 2.15. The van der Waals surface area contributed by atoms with E-state index in [1.807, 2.05) is 19.1 Å². The largest absolute Gasteiger partial charge is 0.279 e. The second-order valence-corrected chi connectivity index (χ2v) is 6.61. The molecule has 0 unspecified atom stereocenters. The van der Waals surface area contributed by atoms with Crippen molar-refractivity contribution < 1.29 is 8.42 Å². The fraction of sp³-hybridized carbons (Fsp3) is 0.200. The lowest BCUT2D eigenvalue weighted by molar-refractivity contribution is 0.601. The first-order valence-electron chi connectivity index (χ1n) is 6.31. The minimum atomic E-state index is -3.59. The van der Waals surface area contributed by atoms with E-state index in [0.717, 1.165) is 12.0 Å². The summed E-state index contributed by atoms with van der Waals surface area (Å²) in [6, 6.07) is 12.0.